The van der Waals surface area contributed by atoms with Crippen LogP contribution in [-0.4, -0.2) is 17.4 Å². The SMILES string of the molecule is Cc1ccccc1C1CCCN1C(=O)C(C)(C)C. The molecule has 2 nitrogen and oxygen atoms in total. The van der Waals surface area contributed by atoms with Gasteiger partial charge in [-0.1, -0.05) is 45.0 Å². The molecule has 1 atom stereocenters. The molecule has 1 saturated heterocycles. The standard InChI is InChI=1S/C16H23NO/c1-12-8-5-6-9-13(12)14-10-7-11-17(14)15(18)16(2,3)4/h5-6,8-9,14H,7,10-11H2,1-4H3. The van der Waals surface area contributed by atoms with Crippen molar-refractivity contribution in [3.05, 3.63) is 35.4 Å². The highest BCUT2D eigenvalue weighted by Crippen LogP contribution is 2.36. The van der Waals surface area contributed by atoms with Gasteiger partial charge in [-0.25, -0.2) is 0 Å². The summed E-state index contributed by atoms with van der Waals surface area (Å²) in [6.07, 6.45) is 2.20. The summed E-state index contributed by atoms with van der Waals surface area (Å²) >= 11 is 0. The van der Waals surface area contributed by atoms with Crippen LogP contribution in [0.4, 0.5) is 0 Å². The molecule has 2 heteroatoms. The van der Waals surface area contributed by atoms with Crippen LogP contribution in [0.5, 0.6) is 0 Å². The second kappa shape index (κ2) is 4.75. The molecule has 0 aromatic heterocycles. The smallest absolute Gasteiger partial charge is 0.228 e. The first-order valence-electron chi connectivity index (χ1n) is 6.78. The lowest BCUT2D eigenvalue weighted by molar-refractivity contribution is -0.140. The molecule has 2 rings (SSSR count). The van der Waals surface area contributed by atoms with Crippen LogP contribution in [0, 0.1) is 12.3 Å². The average Bonchev–Trinajstić information content (AvgIpc) is 2.76. The van der Waals surface area contributed by atoms with Crippen LogP contribution in [0.1, 0.15) is 50.8 Å². The maximum Gasteiger partial charge on any atom is 0.228 e. The van der Waals surface area contributed by atoms with E-state index in [2.05, 4.69) is 36.1 Å². The first-order valence-corrected chi connectivity index (χ1v) is 6.78. The summed E-state index contributed by atoms with van der Waals surface area (Å²) in [6.45, 7) is 9.04. The normalized spacial score (nSPS) is 20.2. The molecule has 0 spiro atoms. The van der Waals surface area contributed by atoms with Crippen LogP contribution in [0.3, 0.4) is 0 Å². The third-order valence-electron chi connectivity index (χ3n) is 3.70. The van der Waals surface area contributed by atoms with Crippen molar-refractivity contribution >= 4 is 5.91 Å². The van der Waals surface area contributed by atoms with E-state index in [-0.39, 0.29) is 17.4 Å². The van der Waals surface area contributed by atoms with E-state index in [9.17, 15) is 4.79 Å². The van der Waals surface area contributed by atoms with E-state index in [0.29, 0.717) is 0 Å². The van der Waals surface area contributed by atoms with Crippen molar-refractivity contribution < 1.29 is 4.79 Å². The lowest BCUT2D eigenvalue weighted by Crippen LogP contribution is -2.39. The average molecular weight is 245 g/mol. The number of hydrogen-bond acceptors (Lipinski definition) is 1. The van der Waals surface area contributed by atoms with E-state index in [4.69, 9.17) is 0 Å². The van der Waals surface area contributed by atoms with Crippen molar-refractivity contribution in [1.29, 1.82) is 0 Å². The quantitative estimate of drug-likeness (QED) is 0.738. The van der Waals surface area contributed by atoms with E-state index >= 15 is 0 Å². The van der Waals surface area contributed by atoms with E-state index in [1.54, 1.807) is 0 Å². The largest absolute Gasteiger partial charge is 0.335 e. The number of carbonyl (C=O) groups is 1. The zero-order valence-electron chi connectivity index (χ0n) is 11.9. The second-order valence-corrected chi connectivity index (χ2v) is 6.26. The van der Waals surface area contributed by atoms with Crippen LogP contribution in [0.25, 0.3) is 0 Å². The predicted molar refractivity (Wildman–Crippen MR) is 74.3 cm³/mol. The second-order valence-electron chi connectivity index (χ2n) is 6.26. The summed E-state index contributed by atoms with van der Waals surface area (Å²) < 4.78 is 0. The van der Waals surface area contributed by atoms with Gasteiger partial charge in [0, 0.05) is 12.0 Å². The van der Waals surface area contributed by atoms with Gasteiger partial charge in [0.2, 0.25) is 5.91 Å². The summed E-state index contributed by atoms with van der Waals surface area (Å²) in [6, 6.07) is 8.70. The van der Waals surface area contributed by atoms with Gasteiger partial charge in [0.25, 0.3) is 0 Å². The highest BCUT2D eigenvalue weighted by atomic mass is 16.2. The van der Waals surface area contributed by atoms with E-state index in [1.165, 1.54) is 11.1 Å². The van der Waals surface area contributed by atoms with Gasteiger partial charge in [0.1, 0.15) is 0 Å². The molecule has 1 aromatic rings. The number of likely N-dealkylation sites (tertiary alicyclic amines) is 1. The number of rotatable bonds is 1. The minimum absolute atomic E-state index is 0.272. The molecule has 1 aliphatic heterocycles. The summed E-state index contributed by atoms with van der Waals surface area (Å²) in [7, 11) is 0. The Morgan fingerprint density at radius 1 is 1.28 bits per heavy atom. The third-order valence-corrected chi connectivity index (χ3v) is 3.70. The molecule has 1 aromatic carbocycles. The highest BCUT2D eigenvalue weighted by Gasteiger charge is 2.35. The monoisotopic (exact) mass is 245 g/mol. The van der Waals surface area contributed by atoms with Crippen molar-refractivity contribution in [3.8, 4) is 0 Å². The summed E-state index contributed by atoms with van der Waals surface area (Å²) in [5.41, 5.74) is 2.31. The maximum absolute atomic E-state index is 12.5. The number of nitrogens with zero attached hydrogens (tertiary/aromatic N) is 1. The number of hydrogen-bond donors (Lipinski definition) is 0. The molecule has 1 aliphatic rings. The van der Waals surface area contributed by atoms with Crippen LogP contribution in [0.2, 0.25) is 0 Å². The first kappa shape index (κ1) is 13.1. The molecule has 0 bridgehead atoms. The van der Waals surface area contributed by atoms with Crippen molar-refractivity contribution in [1.82, 2.24) is 4.90 Å². The number of aryl methyl sites for hydroxylation is 1. The van der Waals surface area contributed by atoms with Crippen molar-refractivity contribution in [3.63, 3.8) is 0 Å². The molecule has 1 unspecified atom stereocenters. The molecule has 1 amide bonds. The van der Waals surface area contributed by atoms with Gasteiger partial charge in [-0.05, 0) is 30.9 Å². The van der Waals surface area contributed by atoms with Gasteiger partial charge in [0.15, 0.2) is 0 Å². The van der Waals surface area contributed by atoms with Gasteiger partial charge < -0.3 is 4.90 Å². The highest BCUT2D eigenvalue weighted by molar-refractivity contribution is 5.82. The predicted octanol–water partition coefficient (Wildman–Crippen LogP) is 3.70. The fourth-order valence-electron chi connectivity index (χ4n) is 2.72. The Balaban J connectivity index is 2.29. The molecule has 18 heavy (non-hydrogen) atoms. The maximum atomic E-state index is 12.5. The van der Waals surface area contributed by atoms with Crippen LogP contribution < -0.4 is 0 Å². The van der Waals surface area contributed by atoms with E-state index < -0.39 is 0 Å². The van der Waals surface area contributed by atoms with Gasteiger partial charge in [-0.2, -0.15) is 0 Å². The topological polar surface area (TPSA) is 20.3 Å². The van der Waals surface area contributed by atoms with Crippen LogP contribution >= 0.6 is 0 Å². The fourth-order valence-corrected chi connectivity index (χ4v) is 2.72. The molecule has 98 valence electrons. The molecule has 1 heterocycles. The Bertz CT molecular complexity index is 445. The molecule has 1 fully saturated rings. The Labute approximate surface area is 110 Å². The van der Waals surface area contributed by atoms with Gasteiger partial charge >= 0.3 is 0 Å². The minimum atomic E-state index is -0.286. The summed E-state index contributed by atoms with van der Waals surface area (Å²) in [4.78, 5) is 14.6. The first-order chi connectivity index (χ1) is 8.41. The Morgan fingerprint density at radius 2 is 1.94 bits per heavy atom. The fraction of sp³-hybridized carbons (Fsp3) is 0.562. The summed E-state index contributed by atoms with van der Waals surface area (Å²) in [5.74, 6) is 0.272. The van der Waals surface area contributed by atoms with Crippen molar-refractivity contribution in [2.45, 2.75) is 46.6 Å². The molecule has 0 saturated carbocycles. The van der Waals surface area contributed by atoms with Crippen molar-refractivity contribution in [2.75, 3.05) is 6.54 Å². The van der Waals surface area contributed by atoms with E-state index in [1.807, 2.05) is 20.8 Å². The molecular formula is C16H23NO. The number of amides is 1. The third kappa shape index (κ3) is 2.43. The zero-order valence-corrected chi connectivity index (χ0v) is 11.9. The Hall–Kier alpha value is -1.31. The van der Waals surface area contributed by atoms with Crippen molar-refractivity contribution in [2.24, 2.45) is 5.41 Å². The van der Waals surface area contributed by atoms with Crippen LogP contribution in [0.15, 0.2) is 24.3 Å². The lowest BCUT2D eigenvalue weighted by Gasteiger charge is -2.31. The molecule has 0 N–H and O–H groups in total. The van der Waals surface area contributed by atoms with E-state index in [0.717, 1.165) is 19.4 Å². The molecule has 0 radical (unpaired) electrons. The minimum Gasteiger partial charge on any atom is -0.335 e. The number of benzene rings is 1. The van der Waals surface area contributed by atoms with Gasteiger partial charge in [-0.15, -0.1) is 0 Å². The Morgan fingerprint density at radius 3 is 2.56 bits per heavy atom. The molecular weight excluding hydrogens is 222 g/mol. The molecule has 0 aliphatic carbocycles. The van der Waals surface area contributed by atoms with Gasteiger partial charge in [-0.3, -0.25) is 4.79 Å². The lowest BCUT2D eigenvalue weighted by atomic mass is 9.92. The zero-order chi connectivity index (χ0) is 13.3. The van der Waals surface area contributed by atoms with Crippen LogP contribution in [-0.2, 0) is 4.79 Å². The summed E-state index contributed by atoms with van der Waals surface area (Å²) in [5, 5.41) is 0. The van der Waals surface area contributed by atoms with Gasteiger partial charge in [0.05, 0.1) is 6.04 Å². The number of carbonyl (C=O) groups excluding carboxylic acids is 1. The Kier molecular flexibility index (Phi) is 3.47.